The van der Waals surface area contributed by atoms with Crippen LogP contribution in [0, 0.1) is 23.2 Å². The van der Waals surface area contributed by atoms with Gasteiger partial charge in [0, 0.05) is 6.54 Å². The fourth-order valence-electron chi connectivity index (χ4n) is 6.38. The molecule has 3 aliphatic rings. The van der Waals surface area contributed by atoms with Crippen molar-refractivity contribution in [3.05, 3.63) is 0 Å². The predicted octanol–water partition coefficient (Wildman–Crippen LogP) is 7.38. The lowest BCUT2D eigenvalue weighted by Gasteiger charge is -2.34. The molecule has 1 aliphatic heterocycles. The van der Waals surface area contributed by atoms with Crippen LogP contribution in [0.5, 0.6) is 0 Å². The second-order valence-corrected chi connectivity index (χ2v) is 11.9. The number of hydrogen-bond acceptors (Lipinski definition) is 3. The van der Waals surface area contributed by atoms with Crippen molar-refractivity contribution in [2.75, 3.05) is 19.6 Å². The van der Waals surface area contributed by atoms with Crippen molar-refractivity contribution in [1.29, 1.82) is 0 Å². The molecule has 0 atom stereocenters. The minimum absolute atomic E-state index is 0.0264. The van der Waals surface area contributed by atoms with Gasteiger partial charge in [0.1, 0.15) is 6.10 Å². The first kappa shape index (κ1) is 25.1. The molecule has 0 aromatic heterocycles. The van der Waals surface area contributed by atoms with Gasteiger partial charge in [-0.1, -0.05) is 71.1 Å². The van der Waals surface area contributed by atoms with E-state index in [1.165, 1.54) is 89.9 Å². The van der Waals surface area contributed by atoms with Crippen molar-refractivity contribution in [3.63, 3.8) is 0 Å². The molecule has 2 saturated carbocycles. The van der Waals surface area contributed by atoms with Crippen LogP contribution in [0.25, 0.3) is 0 Å². The first-order valence-corrected chi connectivity index (χ1v) is 13.9. The summed E-state index contributed by atoms with van der Waals surface area (Å²) in [7, 11) is 0. The van der Waals surface area contributed by atoms with Gasteiger partial charge in [-0.05, 0) is 83.2 Å². The maximum absolute atomic E-state index is 12.8. The van der Waals surface area contributed by atoms with Crippen LogP contribution in [0.4, 0.5) is 0 Å². The Kier molecular flexibility index (Phi) is 10.2. The van der Waals surface area contributed by atoms with Gasteiger partial charge in [-0.25, -0.2) is 0 Å². The lowest BCUT2D eigenvalue weighted by Crippen LogP contribution is -2.40. The number of likely N-dealkylation sites (tertiary alicyclic amines) is 1. The third-order valence-corrected chi connectivity index (χ3v) is 8.60. The highest BCUT2D eigenvalue weighted by Crippen LogP contribution is 2.37. The lowest BCUT2D eigenvalue weighted by atomic mass is 9.76. The summed E-state index contributed by atoms with van der Waals surface area (Å²) in [5.41, 5.74) is -0.378. The summed E-state index contributed by atoms with van der Waals surface area (Å²) in [6.45, 7) is 9.58. The molecule has 0 radical (unpaired) electrons. The zero-order chi connectivity index (χ0) is 22.1. The van der Waals surface area contributed by atoms with Gasteiger partial charge < -0.3 is 9.64 Å². The topological polar surface area (TPSA) is 29.5 Å². The maximum atomic E-state index is 12.8. The summed E-state index contributed by atoms with van der Waals surface area (Å²) in [5.74, 6) is 2.92. The highest BCUT2D eigenvalue weighted by atomic mass is 16.5. The molecule has 3 heteroatoms. The Morgan fingerprint density at radius 2 is 1.32 bits per heavy atom. The van der Waals surface area contributed by atoms with E-state index in [1.807, 2.05) is 0 Å². The Bertz CT molecular complexity index is 509. The molecular formula is C28H51NO2. The number of carbonyl (C=O) groups is 1. The Morgan fingerprint density at radius 1 is 0.806 bits per heavy atom. The minimum atomic E-state index is -0.378. The minimum Gasteiger partial charge on any atom is -0.462 e. The van der Waals surface area contributed by atoms with Crippen LogP contribution in [-0.2, 0) is 9.53 Å². The average molecular weight is 434 g/mol. The summed E-state index contributed by atoms with van der Waals surface area (Å²) in [5, 5.41) is 0. The van der Waals surface area contributed by atoms with Gasteiger partial charge in [0.2, 0.25) is 0 Å². The van der Waals surface area contributed by atoms with E-state index < -0.39 is 0 Å². The smallest absolute Gasteiger partial charge is 0.313 e. The lowest BCUT2D eigenvalue weighted by molar-refractivity contribution is -0.162. The zero-order valence-corrected chi connectivity index (χ0v) is 21.0. The highest BCUT2D eigenvalue weighted by molar-refractivity contribution is 5.76. The number of esters is 1. The molecule has 0 amide bonds. The van der Waals surface area contributed by atoms with E-state index >= 15 is 0 Å². The summed E-state index contributed by atoms with van der Waals surface area (Å²) >= 11 is 0. The van der Waals surface area contributed by atoms with E-state index in [9.17, 15) is 4.79 Å². The Morgan fingerprint density at radius 3 is 1.87 bits per heavy atom. The van der Waals surface area contributed by atoms with Crippen LogP contribution in [0.15, 0.2) is 0 Å². The molecule has 3 nitrogen and oxygen atoms in total. The third kappa shape index (κ3) is 8.37. The summed E-state index contributed by atoms with van der Waals surface area (Å²) in [6.07, 6.45) is 21.9. The summed E-state index contributed by atoms with van der Waals surface area (Å²) < 4.78 is 6.00. The quantitative estimate of drug-likeness (QED) is 0.251. The van der Waals surface area contributed by atoms with Crippen LogP contribution in [-0.4, -0.2) is 36.6 Å². The van der Waals surface area contributed by atoms with E-state index in [-0.39, 0.29) is 17.5 Å². The van der Waals surface area contributed by atoms with Crippen molar-refractivity contribution in [2.45, 2.75) is 130 Å². The normalized spacial score (nSPS) is 30.4. The summed E-state index contributed by atoms with van der Waals surface area (Å²) in [6, 6.07) is 0. The van der Waals surface area contributed by atoms with Gasteiger partial charge in [-0.15, -0.1) is 0 Å². The van der Waals surface area contributed by atoms with Crippen LogP contribution in [0.1, 0.15) is 124 Å². The molecule has 31 heavy (non-hydrogen) atoms. The summed E-state index contributed by atoms with van der Waals surface area (Å²) in [4.78, 5) is 15.2. The first-order chi connectivity index (χ1) is 15.0. The van der Waals surface area contributed by atoms with Crippen molar-refractivity contribution < 1.29 is 9.53 Å². The largest absolute Gasteiger partial charge is 0.462 e. The van der Waals surface area contributed by atoms with E-state index in [2.05, 4.69) is 25.7 Å². The number of unbranched alkanes of at least 4 members (excludes halogenated alkanes) is 2. The van der Waals surface area contributed by atoms with Gasteiger partial charge >= 0.3 is 5.97 Å². The second-order valence-electron chi connectivity index (χ2n) is 11.9. The number of rotatable bonds is 11. The van der Waals surface area contributed by atoms with E-state index in [0.717, 1.165) is 50.2 Å². The Hall–Kier alpha value is -0.570. The molecule has 180 valence electrons. The average Bonchev–Trinajstić information content (AvgIpc) is 3.26. The predicted molar refractivity (Wildman–Crippen MR) is 130 cm³/mol. The van der Waals surface area contributed by atoms with E-state index in [4.69, 9.17) is 4.74 Å². The molecular weight excluding hydrogens is 382 g/mol. The van der Waals surface area contributed by atoms with Gasteiger partial charge in [-0.2, -0.15) is 0 Å². The molecule has 0 aromatic carbocycles. The van der Waals surface area contributed by atoms with Crippen LogP contribution in [0.2, 0.25) is 0 Å². The number of hydrogen-bond donors (Lipinski definition) is 0. The van der Waals surface area contributed by atoms with Crippen molar-refractivity contribution in [2.24, 2.45) is 23.2 Å². The molecule has 0 aromatic rings. The van der Waals surface area contributed by atoms with Crippen LogP contribution >= 0.6 is 0 Å². The van der Waals surface area contributed by atoms with E-state index in [0.29, 0.717) is 0 Å². The number of ether oxygens (including phenoxy) is 1. The molecule has 0 unspecified atom stereocenters. The van der Waals surface area contributed by atoms with Crippen molar-refractivity contribution in [3.8, 4) is 0 Å². The highest BCUT2D eigenvalue weighted by Gasteiger charge is 2.35. The van der Waals surface area contributed by atoms with Gasteiger partial charge in [0.25, 0.3) is 0 Å². The maximum Gasteiger partial charge on any atom is 0.313 e. The fourth-order valence-corrected chi connectivity index (χ4v) is 6.38. The zero-order valence-electron chi connectivity index (χ0n) is 21.0. The monoisotopic (exact) mass is 433 g/mol. The molecule has 2 aliphatic carbocycles. The Balaban J connectivity index is 1.27. The molecule has 3 fully saturated rings. The fraction of sp³-hybridized carbons (Fsp3) is 0.964. The molecule has 3 rings (SSSR count). The SMILES string of the molecule is CCCCCC1CCC(CCC2CCC(OC(=O)C(C)(C)CN3CCCC3)CC2)CC1. The molecule has 1 saturated heterocycles. The molecule has 1 heterocycles. The number of carbonyl (C=O) groups excluding carboxylic acids is 1. The van der Waals surface area contributed by atoms with Crippen LogP contribution in [0.3, 0.4) is 0 Å². The van der Waals surface area contributed by atoms with Crippen molar-refractivity contribution >= 4 is 5.97 Å². The standard InChI is InChI=1S/C28H51NO2/c1-4-5-6-9-23-10-12-24(13-11-23)14-15-25-16-18-26(19-17-25)31-27(30)28(2,3)22-29-20-7-8-21-29/h23-26H,4-22H2,1-3H3. The van der Waals surface area contributed by atoms with Gasteiger partial charge in [-0.3, -0.25) is 4.79 Å². The Labute approximate surface area is 193 Å². The third-order valence-electron chi connectivity index (χ3n) is 8.60. The number of nitrogens with zero attached hydrogens (tertiary/aromatic N) is 1. The second kappa shape index (κ2) is 12.6. The van der Waals surface area contributed by atoms with Gasteiger partial charge in [0.15, 0.2) is 0 Å². The molecule has 0 N–H and O–H groups in total. The van der Waals surface area contributed by atoms with Crippen molar-refractivity contribution in [1.82, 2.24) is 4.90 Å². The molecule has 0 bridgehead atoms. The van der Waals surface area contributed by atoms with E-state index in [1.54, 1.807) is 0 Å². The first-order valence-electron chi connectivity index (χ1n) is 13.9. The van der Waals surface area contributed by atoms with Crippen LogP contribution < -0.4 is 0 Å². The van der Waals surface area contributed by atoms with Gasteiger partial charge in [0.05, 0.1) is 5.41 Å². The molecule has 0 spiro atoms.